The Morgan fingerprint density at radius 1 is 1.23 bits per heavy atom. The lowest BCUT2D eigenvalue weighted by Crippen LogP contribution is -2.47. The highest BCUT2D eigenvalue weighted by molar-refractivity contribution is 5.50. The number of hydrogen-bond acceptors (Lipinski definition) is 7. The molecule has 8 nitrogen and oxygen atoms in total. The first-order valence-corrected chi connectivity index (χ1v) is 9.37. The van der Waals surface area contributed by atoms with Crippen molar-refractivity contribution in [2.45, 2.75) is 51.3 Å². The summed E-state index contributed by atoms with van der Waals surface area (Å²) in [6.45, 7) is 7.35. The lowest BCUT2D eigenvalue weighted by atomic mass is 9.89. The van der Waals surface area contributed by atoms with Crippen LogP contribution in [0.25, 0.3) is 0 Å². The number of aromatic nitrogens is 5. The van der Waals surface area contributed by atoms with Crippen molar-refractivity contribution in [3.63, 3.8) is 0 Å². The van der Waals surface area contributed by atoms with Gasteiger partial charge in [0.2, 0.25) is 0 Å². The molecule has 4 rings (SSSR count). The van der Waals surface area contributed by atoms with Gasteiger partial charge in [-0.3, -0.25) is 0 Å². The van der Waals surface area contributed by atoms with Crippen molar-refractivity contribution in [3.05, 3.63) is 29.5 Å². The van der Waals surface area contributed by atoms with Crippen LogP contribution in [0.1, 0.15) is 49.7 Å². The SMILES string of the molecule is CC(C)n1cc([C@]2(O)CCCN(c3ncnc4c3CN(C)CC4)C2)nn1. The first kappa shape index (κ1) is 17.4. The van der Waals surface area contributed by atoms with Gasteiger partial charge in [-0.05, 0) is 33.7 Å². The molecule has 0 aromatic carbocycles. The molecule has 8 heteroatoms. The van der Waals surface area contributed by atoms with E-state index in [9.17, 15) is 5.11 Å². The third kappa shape index (κ3) is 3.07. The largest absolute Gasteiger partial charge is 0.382 e. The van der Waals surface area contributed by atoms with Crippen LogP contribution in [0.5, 0.6) is 0 Å². The van der Waals surface area contributed by atoms with E-state index in [1.54, 1.807) is 11.0 Å². The highest BCUT2D eigenvalue weighted by atomic mass is 16.3. The zero-order chi connectivity index (χ0) is 18.3. The molecule has 1 fully saturated rings. The average molecular weight is 357 g/mol. The number of likely N-dealkylation sites (N-methyl/N-ethyl adjacent to an activating group) is 1. The van der Waals surface area contributed by atoms with Crippen LogP contribution in [0.3, 0.4) is 0 Å². The van der Waals surface area contributed by atoms with Gasteiger partial charge < -0.3 is 14.9 Å². The molecule has 26 heavy (non-hydrogen) atoms. The Morgan fingerprint density at radius 2 is 2.08 bits per heavy atom. The molecule has 0 unspecified atom stereocenters. The van der Waals surface area contributed by atoms with E-state index in [1.807, 2.05) is 6.20 Å². The van der Waals surface area contributed by atoms with Crippen molar-refractivity contribution in [1.82, 2.24) is 29.9 Å². The van der Waals surface area contributed by atoms with E-state index in [-0.39, 0.29) is 6.04 Å². The quantitative estimate of drug-likeness (QED) is 0.881. The van der Waals surface area contributed by atoms with Crippen molar-refractivity contribution < 1.29 is 5.11 Å². The first-order valence-electron chi connectivity index (χ1n) is 9.37. The topological polar surface area (TPSA) is 83.2 Å². The Labute approximate surface area is 153 Å². The molecule has 2 aliphatic rings. The predicted molar refractivity (Wildman–Crippen MR) is 97.8 cm³/mol. The standard InChI is InChI=1S/C18H27N7O/c1-13(2)25-10-16(21-22-25)18(26)6-4-7-24(11-18)17-14-9-23(3)8-5-15(14)19-12-20-17/h10,12-13,26H,4-9,11H2,1-3H3/t18-/m0/s1. The molecule has 140 valence electrons. The highest BCUT2D eigenvalue weighted by Gasteiger charge is 2.39. The van der Waals surface area contributed by atoms with Crippen LogP contribution in [-0.4, -0.2) is 61.7 Å². The molecule has 1 saturated heterocycles. The minimum Gasteiger partial charge on any atom is -0.382 e. The number of hydrogen-bond donors (Lipinski definition) is 1. The average Bonchev–Trinajstić information content (AvgIpc) is 3.12. The Bertz CT molecular complexity index is 790. The number of aliphatic hydroxyl groups is 1. The molecule has 0 bridgehead atoms. The van der Waals surface area contributed by atoms with Crippen molar-refractivity contribution in [2.75, 3.05) is 31.6 Å². The number of β-amino-alcohol motifs (C(OH)–C–C–N with tert-alkyl or cyclic N) is 1. The molecule has 1 N–H and O–H groups in total. The summed E-state index contributed by atoms with van der Waals surface area (Å²) in [7, 11) is 2.12. The third-order valence-corrected chi connectivity index (χ3v) is 5.46. The smallest absolute Gasteiger partial charge is 0.136 e. The van der Waals surface area contributed by atoms with Gasteiger partial charge in [-0.15, -0.1) is 5.10 Å². The van der Waals surface area contributed by atoms with E-state index in [1.165, 1.54) is 5.56 Å². The maximum absolute atomic E-state index is 11.3. The maximum atomic E-state index is 11.3. The Hall–Kier alpha value is -2.06. The van der Waals surface area contributed by atoms with Crippen molar-refractivity contribution in [2.24, 2.45) is 0 Å². The number of anilines is 1. The summed E-state index contributed by atoms with van der Waals surface area (Å²) < 4.78 is 1.80. The molecule has 0 spiro atoms. The molecule has 0 amide bonds. The van der Waals surface area contributed by atoms with Gasteiger partial charge in [0, 0.05) is 37.7 Å². The normalized spacial score (nSPS) is 24.1. The summed E-state index contributed by atoms with van der Waals surface area (Å²) in [5, 5.41) is 19.7. The van der Waals surface area contributed by atoms with Crippen LogP contribution in [-0.2, 0) is 18.6 Å². The Morgan fingerprint density at radius 3 is 2.85 bits per heavy atom. The van der Waals surface area contributed by atoms with Crippen LogP contribution in [0.2, 0.25) is 0 Å². The van der Waals surface area contributed by atoms with Crippen LogP contribution in [0.4, 0.5) is 5.82 Å². The Balaban J connectivity index is 1.63. The van der Waals surface area contributed by atoms with Crippen molar-refractivity contribution in [3.8, 4) is 0 Å². The maximum Gasteiger partial charge on any atom is 0.136 e. The fourth-order valence-corrected chi connectivity index (χ4v) is 3.90. The van der Waals surface area contributed by atoms with Gasteiger partial charge in [-0.1, -0.05) is 5.21 Å². The Kier molecular flexibility index (Phi) is 4.40. The molecule has 4 heterocycles. The number of rotatable bonds is 3. The van der Waals surface area contributed by atoms with Gasteiger partial charge in [0.25, 0.3) is 0 Å². The van der Waals surface area contributed by atoms with E-state index in [0.29, 0.717) is 18.7 Å². The fraction of sp³-hybridized carbons (Fsp3) is 0.667. The second kappa shape index (κ2) is 6.59. The molecule has 0 saturated carbocycles. The van der Waals surface area contributed by atoms with Gasteiger partial charge in [0.1, 0.15) is 23.4 Å². The monoisotopic (exact) mass is 357 g/mol. The number of piperidine rings is 1. The van der Waals surface area contributed by atoms with E-state index < -0.39 is 5.60 Å². The van der Waals surface area contributed by atoms with Crippen LogP contribution in [0, 0.1) is 0 Å². The second-order valence-corrected chi connectivity index (χ2v) is 7.84. The summed E-state index contributed by atoms with van der Waals surface area (Å²) >= 11 is 0. The summed E-state index contributed by atoms with van der Waals surface area (Å²) in [4.78, 5) is 13.5. The van der Waals surface area contributed by atoms with Gasteiger partial charge in [0.15, 0.2) is 0 Å². The minimum absolute atomic E-state index is 0.226. The van der Waals surface area contributed by atoms with E-state index in [0.717, 1.165) is 44.0 Å². The summed E-state index contributed by atoms with van der Waals surface area (Å²) in [5.74, 6) is 0.955. The molecule has 0 radical (unpaired) electrons. The molecule has 2 aromatic heterocycles. The first-order chi connectivity index (χ1) is 12.5. The highest BCUT2D eigenvalue weighted by Crippen LogP contribution is 2.34. The van der Waals surface area contributed by atoms with Gasteiger partial charge in [0.05, 0.1) is 18.4 Å². The van der Waals surface area contributed by atoms with Gasteiger partial charge >= 0.3 is 0 Å². The van der Waals surface area contributed by atoms with Crippen molar-refractivity contribution in [1.29, 1.82) is 0 Å². The summed E-state index contributed by atoms with van der Waals surface area (Å²) in [5.41, 5.74) is 1.98. The second-order valence-electron chi connectivity index (χ2n) is 7.84. The molecular weight excluding hydrogens is 330 g/mol. The van der Waals surface area contributed by atoms with Crippen molar-refractivity contribution >= 4 is 5.82 Å². The molecule has 1 atom stereocenters. The predicted octanol–water partition coefficient (Wildman–Crippen LogP) is 1.12. The van der Waals surface area contributed by atoms with E-state index >= 15 is 0 Å². The van der Waals surface area contributed by atoms with E-state index in [2.05, 4.69) is 51.0 Å². The third-order valence-electron chi connectivity index (χ3n) is 5.46. The molecule has 2 aliphatic heterocycles. The van der Waals surface area contributed by atoms with Gasteiger partial charge in [-0.25, -0.2) is 14.6 Å². The summed E-state index contributed by atoms with van der Waals surface area (Å²) in [6, 6.07) is 0.226. The zero-order valence-electron chi connectivity index (χ0n) is 15.8. The minimum atomic E-state index is -0.996. The molecular formula is C18H27N7O. The zero-order valence-corrected chi connectivity index (χ0v) is 15.8. The number of nitrogens with zero attached hydrogens (tertiary/aromatic N) is 7. The molecule has 0 aliphatic carbocycles. The van der Waals surface area contributed by atoms with E-state index in [4.69, 9.17) is 0 Å². The van der Waals surface area contributed by atoms with Gasteiger partial charge in [-0.2, -0.15) is 0 Å². The lowest BCUT2D eigenvalue weighted by molar-refractivity contribution is 0.0173. The lowest BCUT2D eigenvalue weighted by Gasteiger charge is -2.40. The van der Waals surface area contributed by atoms with Crippen LogP contribution < -0.4 is 4.90 Å². The van der Waals surface area contributed by atoms with Crippen LogP contribution in [0.15, 0.2) is 12.5 Å². The molecule has 2 aromatic rings. The fourth-order valence-electron chi connectivity index (χ4n) is 3.90. The van der Waals surface area contributed by atoms with Crippen LogP contribution >= 0.6 is 0 Å². The number of fused-ring (bicyclic) bond motifs is 1. The summed E-state index contributed by atoms with van der Waals surface area (Å²) in [6.07, 6.45) is 6.05.